The van der Waals surface area contributed by atoms with Crippen molar-refractivity contribution in [3.63, 3.8) is 0 Å². The van der Waals surface area contributed by atoms with Crippen molar-refractivity contribution in [2.75, 3.05) is 7.11 Å². The molecule has 0 radical (unpaired) electrons. The lowest BCUT2D eigenvalue weighted by molar-refractivity contribution is -0.135. The highest BCUT2D eigenvalue weighted by Crippen LogP contribution is 2.20. The highest BCUT2D eigenvalue weighted by molar-refractivity contribution is 7.84. The number of rotatable bonds is 5. The van der Waals surface area contributed by atoms with Gasteiger partial charge in [-0.25, -0.2) is 9.48 Å². The molecule has 22 heavy (non-hydrogen) atoms. The molecule has 0 aliphatic rings. The Bertz CT molecular complexity index is 787. The third-order valence-electron chi connectivity index (χ3n) is 2.57. The van der Waals surface area contributed by atoms with Crippen molar-refractivity contribution >= 4 is 34.2 Å². The van der Waals surface area contributed by atoms with Gasteiger partial charge in [-0.3, -0.25) is 4.21 Å². The van der Waals surface area contributed by atoms with Crippen molar-refractivity contribution in [3.8, 4) is 6.07 Å². The first-order valence-corrected chi connectivity index (χ1v) is 8.13. The summed E-state index contributed by atoms with van der Waals surface area (Å²) in [5.74, 6) is -0.440. The van der Waals surface area contributed by atoms with E-state index in [9.17, 15) is 9.00 Å². The Balaban J connectivity index is 2.14. The molecule has 2 aromatic rings. The number of aromatic nitrogens is 4. The first-order chi connectivity index (χ1) is 10.5. The maximum absolute atomic E-state index is 12.1. The topological polar surface area (TPSA) is 111 Å². The smallest absolute Gasteiger partial charge is 0.348 e. The number of carbonyl (C=O) groups is 1. The van der Waals surface area contributed by atoms with Crippen LogP contribution in [-0.4, -0.2) is 37.5 Å². The Hall–Kier alpha value is -2.38. The zero-order valence-corrected chi connectivity index (χ0v) is 13.3. The Labute approximate surface area is 132 Å². The predicted octanol–water partition coefficient (Wildman–Crippen LogP) is 0.659. The van der Waals surface area contributed by atoms with Crippen molar-refractivity contribution < 1.29 is 13.7 Å². The van der Waals surface area contributed by atoms with Crippen LogP contribution >= 0.6 is 11.3 Å². The SMILES string of the molecule is COC(=O)/C(C#N)=C/c1cc(C[S@@](=O)c2nnnn2C)cs1. The van der Waals surface area contributed by atoms with Gasteiger partial charge in [0.15, 0.2) is 0 Å². The number of ether oxygens (including phenoxy) is 1. The molecule has 2 aromatic heterocycles. The van der Waals surface area contributed by atoms with Gasteiger partial charge < -0.3 is 4.74 Å². The molecule has 10 heteroatoms. The lowest BCUT2D eigenvalue weighted by Gasteiger charge is -1.97. The molecule has 0 aliphatic heterocycles. The van der Waals surface area contributed by atoms with Crippen LogP contribution in [0.4, 0.5) is 0 Å². The van der Waals surface area contributed by atoms with Gasteiger partial charge in [-0.1, -0.05) is 5.10 Å². The van der Waals surface area contributed by atoms with E-state index < -0.39 is 16.8 Å². The molecule has 2 rings (SSSR count). The normalized spacial score (nSPS) is 12.7. The van der Waals surface area contributed by atoms with Crippen LogP contribution in [0.1, 0.15) is 10.4 Å². The number of tetrazole rings is 1. The van der Waals surface area contributed by atoms with Gasteiger partial charge in [-0.15, -0.1) is 11.3 Å². The Morgan fingerprint density at radius 2 is 2.41 bits per heavy atom. The monoisotopic (exact) mass is 337 g/mol. The summed E-state index contributed by atoms with van der Waals surface area (Å²) in [5, 5.41) is 21.8. The summed E-state index contributed by atoms with van der Waals surface area (Å²) >= 11 is 1.34. The molecule has 0 spiro atoms. The number of carbonyl (C=O) groups excluding carboxylic acids is 1. The standard InChI is InChI=1S/C12H11N5O3S2/c1-17-12(14-15-16-17)22(19)7-8-3-10(21-6-8)4-9(5-13)11(18)20-2/h3-4,6H,7H2,1-2H3/b9-4+/t22-/m1/s1. The number of hydrogen-bond donors (Lipinski definition) is 0. The van der Waals surface area contributed by atoms with Crippen LogP contribution in [-0.2, 0) is 33.1 Å². The van der Waals surface area contributed by atoms with Crippen LogP contribution < -0.4 is 0 Å². The number of hydrogen-bond acceptors (Lipinski definition) is 8. The van der Waals surface area contributed by atoms with E-state index in [0.29, 0.717) is 4.88 Å². The number of nitriles is 1. The lowest BCUT2D eigenvalue weighted by atomic mass is 10.2. The largest absolute Gasteiger partial charge is 0.465 e. The third kappa shape index (κ3) is 3.63. The minimum Gasteiger partial charge on any atom is -0.465 e. The zero-order valence-electron chi connectivity index (χ0n) is 11.7. The van der Waals surface area contributed by atoms with E-state index in [0.717, 1.165) is 5.56 Å². The fourth-order valence-corrected chi connectivity index (χ4v) is 3.57. The second-order valence-electron chi connectivity index (χ2n) is 4.09. The van der Waals surface area contributed by atoms with Crippen LogP contribution in [0.2, 0.25) is 0 Å². The molecule has 0 aromatic carbocycles. The van der Waals surface area contributed by atoms with Gasteiger partial charge in [-0.2, -0.15) is 5.26 Å². The Morgan fingerprint density at radius 1 is 1.64 bits per heavy atom. The third-order valence-corrected chi connectivity index (χ3v) is 4.85. The molecular weight excluding hydrogens is 326 g/mol. The molecule has 8 nitrogen and oxygen atoms in total. The second-order valence-corrected chi connectivity index (χ2v) is 6.38. The van der Waals surface area contributed by atoms with Crippen molar-refractivity contribution in [2.24, 2.45) is 7.05 Å². The number of thiophene rings is 1. The Kier molecular flexibility index (Phi) is 5.13. The summed E-state index contributed by atoms with van der Waals surface area (Å²) in [6.45, 7) is 0. The molecular formula is C12H11N5O3S2. The fourth-order valence-electron chi connectivity index (χ4n) is 1.56. The van der Waals surface area contributed by atoms with Crippen molar-refractivity contribution in [2.45, 2.75) is 10.9 Å². The highest BCUT2D eigenvalue weighted by Gasteiger charge is 2.14. The van der Waals surface area contributed by atoms with E-state index in [1.807, 2.05) is 0 Å². The number of methoxy groups -OCH3 is 1. The number of esters is 1. The summed E-state index contributed by atoms with van der Waals surface area (Å²) in [6.07, 6.45) is 1.44. The summed E-state index contributed by atoms with van der Waals surface area (Å²) < 4.78 is 18.0. The minimum absolute atomic E-state index is 0.0884. The highest BCUT2D eigenvalue weighted by atomic mass is 32.2. The molecule has 0 unspecified atom stereocenters. The molecule has 0 saturated carbocycles. The lowest BCUT2D eigenvalue weighted by Crippen LogP contribution is -2.04. The van der Waals surface area contributed by atoms with Gasteiger partial charge in [0, 0.05) is 11.9 Å². The molecule has 2 heterocycles. The molecule has 0 N–H and O–H groups in total. The van der Waals surface area contributed by atoms with Gasteiger partial charge in [-0.05, 0) is 33.5 Å². The predicted molar refractivity (Wildman–Crippen MR) is 78.8 cm³/mol. The molecule has 0 aliphatic carbocycles. The molecule has 114 valence electrons. The van der Waals surface area contributed by atoms with Crippen molar-refractivity contribution in [3.05, 3.63) is 27.5 Å². The average molecular weight is 337 g/mol. The molecule has 0 saturated heterocycles. The molecule has 0 fully saturated rings. The first-order valence-electron chi connectivity index (χ1n) is 5.93. The Morgan fingerprint density at radius 3 is 3.00 bits per heavy atom. The van der Waals surface area contributed by atoms with Crippen molar-refractivity contribution in [1.82, 2.24) is 20.2 Å². The van der Waals surface area contributed by atoms with E-state index in [-0.39, 0.29) is 16.5 Å². The second kappa shape index (κ2) is 7.06. The van der Waals surface area contributed by atoms with E-state index in [1.54, 1.807) is 24.6 Å². The van der Waals surface area contributed by atoms with E-state index in [1.165, 1.54) is 29.2 Å². The minimum atomic E-state index is -1.37. The molecule has 0 bridgehead atoms. The summed E-state index contributed by atoms with van der Waals surface area (Å²) in [7, 11) is 1.46. The summed E-state index contributed by atoms with van der Waals surface area (Å²) in [4.78, 5) is 12.0. The van der Waals surface area contributed by atoms with Gasteiger partial charge in [0.2, 0.25) is 5.16 Å². The summed E-state index contributed by atoms with van der Waals surface area (Å²) in [6, 6.07) is 3.54. The maximum atomic E-state index is 12.1. The van der Waals surface area contributed by atoms with Crippen molar-refractivity contribution in [1.29, 1.82) is 5.26 Å². The molecule has 1 atom stereocenters. The van der Waals surface area contributed by atoms with Crippen LogP contribution in [0.5, 0.6) is 0 Å². The van der Waals surface area contributed by atoms with E-state index in [4.69, 9.17) is 5.26 Å². The van der Waals surface area contributed by atoms with Crippen LogP contribution in [0, 0.1) is 11.3 Å². The van der Waals surface area contributed by atoms with E-state index in [2.05, 4.69) is 20.3 Å². The van der Waals surface area contributed by atoms with Gasteiger partial charge >= 0.3 is 5.97 Å². The van der Waals surface area contributed by atoms with E-state index >= 15 is 0 Å². The number of nitrogens with zero attached hydrogens (tertiary/aromatic N) is 5. The van der Waals surface area contributed by atoms with Crippen LogP contribution in [0.25, 0.3) is 6.08 Å². The average Bonchev–Trinajstić information content (AvgIpc) is 3.12. The zero-order chi connectivity index (χ0) is 16.1. The van der Waals surface area contributed by atoms with Gasteiger partial charge in [0.05, 0.1) is 23.7 Å². The molecule has 0 amide bonds. The van der Waals surface area contributed by atoms with Gasteiger partial charge in [0.25, 0.3) is 0 Å². The quantitative estimate of drug-likeness (QED) is 0.447. The maximum Gasteiger partial charge on any atom is 0.348 e. The summed E-state index contributed by atoms with van der Waals surface area (Å²) in [5.41, 5.74) is 0.717. The fraction of sp³-hybridized carbons (Fsp3) is 0.250. The number of aryl methyl sites for hydroxylation is 1. The van der Waals surface area contributed by atoms with Crippen LogP contribution in [0.15, 0.2) is 22.2 Å². The van der Waals surface area contributed by atoms with Crippen LogP contribution in [0.3, 0.4) is 0 Å². The van der Waals surface area contributed by atoms with Gasteiger partial charge in [0.1, 0.15) is 11.6 Å². The first kappa shape index (κ1) is 16.0.